The Bertz CT molecular complexity index is 3130. The topological polar surface area (TPSA) is 44.3 Å². The van der Waals surface area contributed by atoms with Crippen LogP contribution in [-0.2, 0) is 5.41 Å². The predicted octanol–water partition coefficient (Wildman–Crippen LogP) is 13.0. The van der Waals surface area contributed by atoms with Crippen LogP contribution in [0.5, 0.6) is 11.5 Å². The number of rotatable bonds is 4. The van der Waals surface area contributed by atoms with Crippen molar-refractivity contribution in [2.45, 2.75) is 47.0 Å². The van der Waals surface area contributed by atoms with E-state index in [0.29, 0.717) is 0 Å². The fraction of sp³-hybridized carbons (Fsp3) is 0.143. The van der Waals surface area contributed by atoms with Crippen LogP contribution in [0.1, 0.15) is 43.0 Å². The molecule has 0 spiro atoms. The van der Waals surface area contributed by atoms with Gasteiger partial charge in [-0.25, -0.2) is 9.97 Å². The maximum absolute atomic E-state index is 6.74. The van der Waals surface area contributed by atoms with E-state index in [2.05, 4.69) is 178 Å². The molecule has 5 heteroatoms. The molecule has 6 aromatic carbocycles. The number of hydrogen-bond donors (Lipinski definition) is 0. The minimum absolute atomic E-state index is 0.000286. The third-order valence-electron chi connectivity index (χ3n) is 11.0. The number of para-hydroxylation sites is 3. The number of aryl methyl sites for hydroxylation is 3. The number of hydrogen-bond acceptors (Lipinski definition) is 3. The molecule has 0 unspecified atom stereocenters. The summed E-state index contributed by atoms with van der Waals surface area (Å²) in [6.07, 6.45) is 1.92. The van der Waals surface area contributed by atoms with Crippen LogP contribution in [0.2, 0.25) is 0 Å². The van der Waals surface area contributed by atoms with Gasteiger partial charge < -0.3 is 4.74 Å². The van der Waals surface area contributed by atoms with Gasteiger partial charge in [0.1, 0.15) is 23.0 Å². The Labute approximate surface area is 314 Å². The molecule has 5 nitrogen and oxygen atoms in total. The molecular formula is C49H40N4O. The van der Waals surface area contributed by atoms with Gasteiger partial charge in [-0.1, -0.05) is 80.9 Å². The number of pyridine rings is 2. The number of nitrogens with zero attached hydrogens (tertiary/aromatic N) is 4. The Morgan fingerprint density at radius 3 is 2.02 bits per heavy atom. The zero-order valence-corrected chi connectivity index (χ0v) is 31.4. The maximum Gasteiger partial charge on any atom is 0.146 e. The minimum Gasteiger partial charge on any atom is -0.457 e. The van der Waals surface area contributed by atoms with Gasteiger partial charge in [-0.3, -0.25) is 8.97 Å². The summed E-state index contributed by atoms with van der Waals surface area (Å²) >= 11 is 0. The second-order valence-corrected chi connectivity index (χ2v) is 15.8. The van der Waals surface area contributed by atoms with Crippen molar-refractivity contribution < 1.29 is 4.74 Å². The summed E-state index contributed by atoms with van der Waals surface area (Å²) in [6, 6.07) is 45.5. The first-order valence-electron chi connectivity index (χ1n) is 18.7. The third-order valence-corrected chi connectivity index (χ3v) is 11.0. The normalized spacial score (nSPS) is 12.3. The summed E-state index contributed by atoms with van der Waals surface area (Å²) in [5, 5.41) is 5.71. The van der Waals surface area contributed by atoms with Crippen molar-refractivity contribution in [1.82, 2.24) is 18.9 Å². The van der Waals surface area contributed by atoms with Gasteiger partial charge in [0, 0.05) is 33.8 Å². The zero-order chi connectivity index (χ0) is 36.9. The highest BCUT2D eigenvalue weighted by atomic mass is 16.5. The number of imidazole rings is 1. The highest BCUT2D eigenvalue weighted by Gasteiger charge is 2.20. The molecule has 0 bridgehead atoms. The lowest BCUT2D eigenvalue weighted by Gasteiger charge is -2.20. The number of fused-ring (bicyclic) bond motifs is 11. The van der Waals surface area contributed by atoms with Gasteiger partial charge in [-0.15, -0.1) is 0 Å². The van der Waals surface area contributed by atoms with Crippen LogP contribution < -0.4 is 4.74 Å². The van der Waals surface area contributed by atoms with E-state index in [1.165, 1.54) is 44.2 Å². The highest BCUT2D eigenvalue weighted by molar-refractivity contribution is 6.15. The van der Waals surface area contributed by atoms with Crippen molar-refractivity contribution in [1.29, 1.82) is 0 Å². The van der Waals surface area contributed by atoms with Crippen molar-refractivity contribution in [2.75, 3.05) is 0 Å². The second kappa shape index (κ2) is 11.8. The first-order chi connectivity index (χ1) is 26.1. The number of aromatic nitrogens is 4. The fourth-order valence-electron chi connectivity index (χ4n) is 8.60. The maximum atomic E-state index is 6.74. The van der Waals surface area contributed by atoms with Gasteiger partial charge in [0.2, 0.25) is 0 Å². The van der Waals surface area contributed by atoms with E-state index in [1.807, 2.05) is 6.20 Å². The summed E-state index contributed by atoms with van der Waals surface area (Å²) in [5.74, 6) is 2.41. The van der Waals surface area contributed by atoms with Crippen LogP contribution >= 0.6 is 0 Å². The van der Waals surface area contributed by atoms with Crippen LogP contribution in [0.15, 0.2) is 134 Å². The Balaban J connectivity index is 1.14. The van der Waals surface area contributed by atoms with Crippen molar-refractivity contribution in [3.8, 4) is 28.4 Å². The molecule has 0 aliphatic heterocycles. The summed E-state index contributed by atoms with van der Waals surface area (Å²) in [7, 11) is 0. The summed E-state index contributed by atoms with van der Waals surface area (Å²) in [4.78, 5) is 10.1. The van der Waals surface area contributed by atoms with Crippen molar-refractivity contribution >= 4 is 60.2 Å². The van der Waals surface area contributed by atoms with Crippen LogP contribution in [-0.4, -0.2) is 18.9 Å². The Morgan fingerprint density at radius 2 is 1.22 bits per heavy atom. The van der Waals surface area contributed by atoms with Gasteiger partial charge >= 0.3 is 0 Å². The molecule has 0 radical (unpaired) electrons. The lowest BCUT2D eigenvalue weighted by atomic mass is 9.88. The second-order valence-electron chi connectivity index (χ2n) is 15.8. The van der Waals surface area contributed by atoms with E-state index >= 15 is 0 Å². The van der Waals surface area contributed by atoms with Gasteiger partial charge in [0.05, 0.1) is 27.6 Å². The Hall–Kier alpha value is -6.46. The molecular weight excluding hydrogens is 661 g/mol. The predicted molar refractivity (Wildman–Crippen MR) is 225 cm³/mol. The van der Waals surface area contributed by atoms with Crippen molar-refractivity contribution in [3.05, 3.63) is 156 Å². The lowest BCUT2D eigenvalue weighted by Crippen LogP contribution is -2.12. The molecule has 54 heavy (non-hydrogen) atoms. The van der Waals surface area contributed by atoms with Gasteiger partial charge in [0.25, 0.3) is 0 Å². The van der Waals surface area contributed by atoms with E-state index in [1.54, 1.807) is 0 Å². The van der Waals surface area contributed by atoms with Crippen LogP contribution in [0.25, 0.3) is 77.1 Å². The molecule has 0 fully saturated rings. The van der Waals surface area contributed by atoms with Gasteiger partial charge in [0.15, 0.2) is 0 Å². The molecule has 0 aliphatic rings. The molecule has 0 aliphatic carbocycles. The van der Waals surface area contributed by atoms with E-state index in [-0.39, 0.29) is 5.41 Å². The first kappa shape index (κ1) is 32.2. The van der Waals surface area contributed by atoms with E-state index in [4.69, 9.17) is 14.7 Å². The minimum atomic E-state index is -0.000286. The van der Waals surface area contributed by atoms with Crippen molar-refractivity contribution in [3.63, 3.8) is 0 Å². The Kier molecular flexibility index (Phi) is 7.02. The number of benzene rings is 6. The summed E-state index contributed by atoms with van der Waals surface area (Å²) in [6.45, 7) is 13.3. The zero-order valence-electron chi connectivity index (χ0n) is 31.4. The smallest absolute Gasteiger partial charge is 0.146 e. The quantitative estimate of drug-likeness (QED) is 0.172. The highest BCUT2D eigenvalue weighted by Crippen LogP contribution is 2.40. The SMILES string of the molecule is Cc1cc(C)c(-c2ccc3c4ccc(Oc5ccc6c7ccccc7n(-c7cc(C(C)(C)C)ccn7)c6c5)cc4c4nc5ccccc5n4c3c2)c(C)c1. The van der Waals surface area contributed by atoms with Gasteiger partial charge in [-0.05, 0) is 126 Å². The molecule has 262 valence electrons. The Morgan fingerprint density at radius 1 is 0.556 bits per heavy atom. The lowest BCUT2D eigenvalue weighted by molar-refractivity contribution is 0.484. The van der Waals surface area contributed by atoms with E-state index in [0.717, 1.165) is 66.7 Å². The summed E-state index contributed by atoms with van der Waals surface area (Å²) < 4.78 is 11.3. The monoisotopic (exact) mass is 700 g/mol. The van der Waals surface area contributed by atoms with E-state index < -0.39 is 0 Å². The molecule has 10 aromatic rings. The largest absolute Gasteiger partial charge is 0.457 e. The van der Waals surface area contributed by atoms with E-state index in [9.17, 15) is 0 Å². The van der Waals surface area contributed by atoms with Crippen molar-refractivity contribution in [2.24, 2.45) is 0 Å². The summed E-state index contributed by atoms with van der Waals surface area (Å²) in [5.41, 5.74) is 13.9. The van der Waals surface area contributed by atoms with Crippen LogP contribution in [0.4, 0.5) is 0 Å². The molecule has 10 rings (SSSR count). The molecule has 0 atom stereocenters. The van der Waals surface area contributed by atoms with Crippen LogP contribution in [0.3, 0.4) is 0 Å². The average Bonchev–Trinajstić information content (AvgIpc) is 3.71. The molecule has 4 aromatic heterocycles. The fourth-order valence-corrected chi connectivity index (χ4v) is 8.60. The molecule has 0 N–H and O–H groups in total. The number of ether oxygens (including phenoxy) is 1. The first-order valence-corrected chi connectivity index (χ1v) is 18.7. The van der Waals surface area contributed by atoms with Gasteiger partial charge in [-0.2, -0.15) is 0 Å². The molecule has 0 amide bonds. The molecule has 0 saturated carbocycles. The van der Waals surface area contributed by atoms with Crippen LogP contribution in [0, 0.1) is 20.8 Å². The molecule has 0 saturated heterocycles. The third kappa shape index (κ3) is 4.99. The standard InChI is InChI=1S/C49H40N4O/c1-29-23-30(2)47(31(3)24-29)32-15-18-38-36-19-16-34(27-40(36)48-51-41-12-8-10-14-43(41)53(48)44(38)25-32)54-35-17-20-39-37-11-7-9-13-42(37)52(45(39)28-35)46-26-33(21-22-50-46)49(4,5)6/h7-28H,1-6H3. The molecule has 4 heterocycles. The average molecular weight is 701 g/mol.